The lowest BCUT2D eigenvalue weighted by molar-refractivity contribution is -0.128. The molecule has 1 N–H and O–H groups in total. The minimum absolute atomic E-state index is 0.127. The Balaban J connectivity index is 1.24. The lowest BCUT2D eigenvalue weighted by atomic mass is 10.2. The molecule has 1 aliphatic rings. The van der Waals surface area contributed by atoms with E-state index in [2.05, 4.69) is 32.5 Å². The third-order valence-electron chi connectivity index (χ3n) is 5.12. The summed E-state index contributed by atoms with van der Waals surface area (Å²) in [6.45, 7) is 3.06. The quantitative estimate of drug-likeness (QED) is 0.498. The smallest absolute Gasteiger partial charge is 0.233 e. The van der Waals surface area contributed by atoms with Gasteiger partial charge in [-0.15, -0.1) is 10.2 Å². The van der Waals surface area contributed by atoms with E-state index in [1.807, 2.05) is 41.3 Å². The number of hydrogen-bond donors (Lipinski definition) is 1. The predicted molar refractivity (Wildman–Crippen MR) is 129 cm³/mol. The molecule has 1 fully saturated rings. The maximum Gasteiger partial charge on any atom is 0.233 e. The van der Waals surface area contributed by atoms with Gasteiger partial charge >= 0.3 is 0 Å². The summed E-state index contributed by atoms with van der Waals surface area (Å²) in [4.78, 5) is 16.9. The molecule has 2 aromatic carbocycles. The fraction of sp³-hybridized carbons (Fsp3) is 0.318. The molecule has 0 unspecified atom stereocenters. The zero-order chi connectivity index (χ0) is 22.3. The van der Waals surface area contributed by atoms with E-state index in [0.29, 0.717) is 24.0 Å². The second kappa shape index (κ2) is 10.6. The highest BCUT2D eigenvalue weighted by Crippen LogP contribution is 2.29. The summed E-state index contributed by atoms with van der Waals surface area (Å²) >= 11 is 2.85. The molecule has 3 aromatic rings. The van der Waals surface area contributed by atoms with Crippen LogP contribution in [0.2, 0.25) is 0 Å². The van der Waals surface area contributed by atoms with Crippen molar-refractivity contribution in [2.45, 2.75) is 4.34 Å². The van der Waals surface area contributed by atoms with E-state index in [1.54, 1.807) is 14.2 Å². The zero-order valence-electron chi connectivity index (χ0n) is 18.0. The van der Waals surface area contributed by atoms with Crippen LogP contribution < -0.4 is 19.7 Å². The van der Waals surface area contributed by atoms with Crippen molar-refractivity contribution in [2.75, 3.05) is 56.4 Å². The van der Waals surface area contributed by atoms with Crippen molar-refractivity contribution < 1.29 is 14.3 Å². The molecule has 1 aromatic heterocycles. The molecule has 32 heavy (non-hydrogen) atoms. The van der Waals surface area contributed by atoms with Crippen LogP contribution in [0.5, 0.6) is 11.5 Å². The highest BCUT2D eigenvalue weighted by Gasteiger charge is 2.22. The van der Waals surface area contributed by atoms with Gasteiger partial charge in [-0.05, 0) is 36.4 Å². The van der Waals surface area contributed by atoms with Crippen molar-refractivity contribution in [2.24, 2.45) is 0 Å². The number of carbonyl (C=O) groups excluding carboxylic acids is 1. The van der Waals surface area contributed by atoms with Crippen LogP contribution in [0.15, 0.2) is 52.9 Å². The van der Waals surface area contributed by atoms with Crippen molar-refractivity contribution in [1.29, 1.82) is 0 Å². The van der Waals surface area contributed by atoms with E-state index in [0.717, 1.165) is 40.3 Å². The first-order valence-corrected chi connectivity index (χ1v) is 12.0. The van der Waals surface area contributed by atoms with Crippen LogP contribution in [-0.4, -0.2) is 67.2 Å². The SMILES string of the molecule is COc1ccc(N2CCN(C(=O)CSc3nnc(Nc4cccc(OC)c4)s3)CC2)cc1. The first kappa shape index (κ1) is 22.2. The molecule has 0 bridgehead atoms. The molecule has 0 radical (unpaired) electrons. The number of aromatic nitrogens is 2. The highest BCUT2D eigenvalue weighted by atomic mass is 32.2. The van der Waals surface area contributed by atoms with Crippen molar-refractivity contribution >= 4 is 45.5 Å². The van der Waals surface area contributed by atoms with Crippen molar-refractivity contribution in [3.8, 4) is 11.5 Å². The Morgan fingerprint density at radius 3 is 2.50 bits per heavy atom. The van der Waals surface area contributed by atoms with Crippen LogP contribution >= 0.6 is 23.1 Å². The average Bonchev–Trinajstić information content (AvgIpc) is 3.30. The molecule has 8 nitrogen and oxygen atoms in total. The number of nitrogens with zero attached hydrogens (tertiary/aromatic N) is 4. The van der Waals surface area contributed by atoms with Gasteiger partial charge in [0.2, 0.25) is 11.0 Å². The molecule has 1 amide bonds. The molecule has 168 valence electrons. The maximum absolute atomic E-state index is 12.7. The van der Waals surface area contributed by atoms with Gasteiger partial charge < -0.3 is 24.6 Å². The molecular formula is C22H25N5O3S2. The lowest BCUT2D eigenvalue weighted by Gasteiger charge is -2.36. The van der Waals surface area contributed by atoms with Crippen molar-refractivity contribution in [1.82, 2.24) is 15.1 Å². The predicted octanol–water partition coefficient (Wildman–Crippen LogP) is 3.74. The van der Waals surface area contributed by atoms with Crippen molar-refractivity contribution in [3.05, 3.63) is 48.5 Å². The molecule has 0 aliphatic carbocycles. The first-order chi connectivity index (χ1) is 15.6. The van der Waals surface area contributed by atoms with Gasteiger partial charge in [-0.3, -0.25) is 4.79 Å². The Kier molecular flexibility index (Phi) is 7.33. The number of thioether (sulfide) groups is 1. The Hall–Kier alpha value is -2.98. The van der Waals surface area contributed by atoms with Gasteiger partial charge in [-0.2, -0.15) is 0 Å². The third-order valence-corrected chi connectivity index (χ3v) is 7.07. The topological polar surface area (TPSA) is 79.8 Å². The molecule has 0 saturated carbocycles. The fourth-order valence-electron chi connectivity index (χ4n) is 3.36. The Morgan fingerprint density at radius 2 is 1.78 bits per heavy atom. The summed E-state index contributed by atoms with van der Waals surface area (Å²) in [6.07, 6.45) is 0. The molecule has 2 heterocycles. The van der Waals surface area contributed by atoms with Gasteiger partial charge in [-0.1, -0.05) is 29.2 Å². The van der Waals surface area contributed by atoms with Gasteiger partial charge in [-0.25, -0.2) is 0 Å². The molecule has 10 heteroatoms. The second-order valence-corrected chi connectivity index (χ2v) is 9.28. The van der Waals surface area contributed by atoms with E-state index < -0.39 is 0 Å². The molecule has 0 spiro atoms. The second-order valence-electron chi connectivity index (χ2n) is 7.08. The molecule has 1 saturated heterocycles. The van der Waals surface area contributed by atoms with Gasteiger partial charge in [0, 0.05) is 43.6 Å². The minimum atomic E-state index is 0.127. The number of ether oxygens (including phenoxy) is 2. The normalized spacial score (nSPS) is 13.7. The summed E-state index contributed by atoms with van der Waals surface area (Å²) in [6, 6.07) is 15.7. The van der Waals surface area contributed by atoms with E-state index in [1.165, 1.54) is 23.1 Å². The molecular weight excluding hydrogens is 446 g/mol. The summed E-state index contributed by atoms with van der Waals surface area (Å²) in [5.74, 6) is 2.10. The number of carbonyl (C=O) groups is 1. The number of methoxy groups -OCH3 is 2. The number of nitrogens with one attached hydrogen (secondary N) is 1. The monoisotopic (exact) mass is 471 g/mol. The van der Waals surface area contributed by atoms with E-state index in [9.17, 15) is 4.79 Å². The first-order valence-electron chi connectivity index (χ1n) is 10.2. The molecule has 1 aliphatic heterocycles. The number of rotatable bonds is 8. The largest absolute Gasteiger partial charge is 0.497 e. The van der Waals surface area contributed by atoms with Gasteiger partial charge in [0.1, 0.15) is 11.5 Å². The lowest BCUT2D eigenvalue weighted by Crippen LogP contribution is -2.49. The number of amides is 1. The van der Waals surface area contributed by atoms with Crippen LogP contribution in [0.1, 0.15) is 0 Å². The molecule has 4 rings (SSSR count). The fourth-order valence-corrected chi connectivity index (χ4v) is 5.04. The van der Waals surface area contributed by atoms with Crippen LogP contribution in [0.3, 0.4) is 0 Å². The number of benzene rings is 2. The summed E-state index contributed by atoms with van der Waals surface area (Å²) < 4.78 is 11.2. The Bertz CT molecular complexity index is 1040. The highest BCUT2D eigenvalue weighted by molar-refractivity contribution is 8.01. The summed E-state index contributed by atoms with van der Waals surface area (Å²) in [5.41, 5.74) is 2.03. The Morgan fingerprint density at radius 1 is 1.03 bits per heavy atom. The van der Waals surface area contributed by atoms with E-state index in [4.69, 9.17) is 9.47 Å². The third kappa shape index (κ3) is 5.63. The van der Waals surface area contributed by atoms with E-state index in [-0.39, 0.29) is 5.91 Å². The standard InChI is InChI=1S/C22H25N5O3S2/c1-29-18-8-6-17(7-9-18)26-10-12-27(13-11-26)20(28)15-31-22-25-24-21(32-22)23-16-4-3-5-19(14-16)30-2/h3-9,14H,10-13,15H2,1-2H3,(H,23,24). The van der Waals surface area contributed by atoms with Gasteiger partial charge in [0.05, 0.1) is 20.0 Å². The van der Waals surface area contributed by atoms with E-state index >= 15 is 0 Å². The average molecular weight is 472 g/mol. The van der Waals surface area contributed by atoms with Crippen LogP contribution in [0, 0.1) is 0 Å². The zero-order valence-corrected chi connectivity index (χ0v) is 19.6. The number of hydrogen-bond acceptors (Lipinski definition) is 9. The minimum Gasteiger partial charge on any atom is -0.497 e. The summed E-state index contributed by atoms with van der Waals surface area (Å²) in [7, 11) is 3.30. The Labute approximate surface area is 195 Å². The van der Waals surface area contributed by atoms with Crippen LogP contribution in [0.25, 0.3) is 0 Å². The summed E-state index contributed by atoms with van der Waals surface area (Å²) in [5, 5.41) is 12.3. The van der Waals surface area contributed by atoms with Crippen LogP contribution in [0.4, 0.5) is 16.5 Å². The number of piperazine rings is 1. The maximum atomic E-state index is 12.7. The van der Waals surface area contributed by atoms with Crippen LogP contribution in [-0.2, 0) is 4.79 Å². The number of anilines is 3. The molecule has 0 atom stereocenters. The van der Waals surface area contributed by atoms with Crippen molar-refractivity contribution in [3.63, 3.8) is 0 Å². The van der Waals surface area contributed by atoms with Gasteiger partial charge in [0.15, 0.2) is 4.34 Å². The van der Waals surface area contributed by atoms with Gasteiger partial charge in [0.25, 0.3) is 0 Å².